The Morgan fingerprint density at radius 3 is 2.09 bits per heavy atom. The number of hydrogen-bond donors (Lipinski definition) is 10. The zero-order valence-electron chi connectivity index (χ0n) is 12.2. The molecule has 23 heavy (non-hydrogen) atoms. The molecule has 0 radical (unpaired) electrons. The second kappa shape index (κ2) is 7.63. The Kier molecular flexibility index (Phi) is 6.84. The second-order valence-corrected chi connectivity index (χ2v) is 5.61. The highest BCUT2D eigenvalue weighted by molar-refractivity contribution is 5.16. The van der Waals surface area contributed by atoms with Gasteiger partial charge in [-0.15, -0.1) is 0 Å². The average molecular weight is 344 g/mol. The Morgan fingerprint density at radius 1 is 1.09 bits per heavy atom. The summed E-state index contributed by atoms with van der Waals surface area (Å²) in [5, 5.41) is 97.3. The number of ether oxygens (including phenoxy) is 1. The predicted octanol–water partition coefficient (Wildman–Crippen LogP) is -6.37. The Morgan fingerprint density at radius 2 is 1.65 bits per heavy atom. The van der Waals surface area contributed by atoms with Crippen LogP contribution in [0.1, 0.15) is 0 Å². The van der Waals surface area contributed by atoms with Gasteiger partial charge in [-0.3, -0.25) is 0 Å². The van der Waals surface area contributed by atoms with Crippen molar-refractivity contribution in [1.29, 1.82) is 0 Å². The summed E-state index contributed by atoms with van der Waals surface area (Å²) in [6.07, 6.45) is -12.2. The van der Waals surface area contributed by atoms with Gasteiger partial charge in [0.2, 0.25) is 0 Å². The molecule has 11 nitrogen and oxygen atoms in total. The van der Waals surface area contributed by atoms with Crippen molar-refractivity contribution in [3.05, 3.63) is 0 Å². The monoisotopic (exact) mass is 344 g/mol. The molecular formula is C12H24O11. The SMILES string of the molecule is OC[C@@H](O)[C@@](O)([C@H](O)[C@@H](O)CO)C1(O)CO[C@H](CO)[C@@H](O)[C@@H]1O. The molecule has 1 unspecified atom stereocenters. The fraction of sp³-hybridized carbons (Fsp3) is 1.00. The van der Waals surface area contributed by atoms with Crippen molar-refractivity contribution in [2.24, 2.45) is 0 Å². The summed E-state index contributed by atoms with van der Waals surface area (Å²) in [4.78, 5) is 0. The molecule has 0 aromatic rings. The number of aliphatic hydroxyl groups excluding tert-OH is 8. The van der Waals surface area contributed by atoms with Gasteiger partial charge in [0.15, 0.2) is 11.2 Å². The van der Waals surface area contributed by atoms with E-state index in [4.69, 9.17) is 20.1 Å². The maximum absolute atomic E-state index is 10.6. The molecule has 138 valence electrons. The quantitative estimate of drug-likeness (QED) is 0.210. The maximum atomic E-state index is 10.6. The van der Waals surface area contributed by atoms with E-state index >= 15 is 0 Å². The van der Waals surface area contributed by atoms with Crippen LogP contribution in [0.15, 0.2) is 0 Å². The Hall–Kier alpha value is -0.440. The van der Waals surface area contributed by atoms with Crippen molar-refractivity contribution in [1.82, 2.24) is 0 Å². The largest absolute Gasteiger partial charge is 0.394 e. The first-order chi connectivity index (χ1) is 10.6. The fourth-order valence-electron chi connectivity index (χ4n) is 2.69. The van der Waals surface area contributed by atoms with E-state index in [9.17, 15) is 35.7 Å². The Bertz CT molecular complexity index is 382. The molecule has 0 bridgehead atoms. The molecule has 1 saturated heterocycles. The predicted molar refractivity (Wildman–Crippen MR) is 70.9 cm³/mol. The lowest BCUT2D eigenvalue weighted by Gasteiger charge is -2.54. The van der Waals surface area contributed by atoms with E-state index in [-0.39, 0.29) is 0 Å². The van der Waals surface area contributed by atoms with Crippen LogP contribution in [0.2, 0.25) is 0 Å². The summed E-state index contributed by atoms with van der Waals surface area (Å²) in [6, 6.07) is 0. The maximum Gasteiger partial charge on any atom is 0.154 e. The van der Waals surface area contributed by atoms with Crippen LogP contribution < -0.4 is 0 Å². The van der Waals surface area contributed by atoms with Crippen molar-refractivity contribution in [3.63, 3.8) is 0 Å². The molecule has 11 heteroatoms. The lowest BCUT2D eigenvalue weighted by atomic mass is 9.68. The molecule has 1 aliphatic rings. The molecular weight excluding hydrogens is 320 g/mol. The molecule has 8 atom stereocenters. The van der Waals surface area contributed by atoms with Gasteiger partial charge >= 0.3 is 0 Å². The minimum atomic E-state index is -3.18. The van der Waals surface area contributed by atoms with Gasteiger partial charge in [-0.1, -0.05) is 0 Å². The molecule has 0 spiro atoms. The molecule has 0 saturated carbocycles. The van der Waals surface area contributed by atoms with Gasteiger partial charge in [-0.2, -0.15) is 0 Å². The third-order valence-corrected chi connectivity index (χ3v) is 4.27. The van der Waals surface area contributed by atoms with Gasteiger partial charge in [-0.05, 0) is 0 Å². The van der Waals surface area contributed by atoms with Gasteiger partial charge in [0.05, 0.1) is 26.4 Å². The third-order valence-electron chi connectivity index (χ3n) is 4.27. The van der Waals surface area contributed by atoms with Gasteiger partial charge < -0.3 is 55.8 Å². The summed E-state index contributed by atoms with van der Waals surface area (Å²) in [5.74, 6) is 0. The van der Waals surface area contributed by atoms with Crippen molar-refractivity contribution in [2.75, 3.05) is 26.4 Å². The minimum absolute atomic E-state index is 0.725. The molecule has 0 aromatic carbocycles. The molecule has 10 N–H and O–H groups in total. The van der Waals surface area contributed by atoms with E-state index in [1.165, 1.54) is 0 Å². The van der Waals surface area contributed by atoms with Crippen LogP contribution in [0.5, 0.6) is 0 Å². The molecule has 0 aromatic heterocycles. The van der Waals surface area contributed by atoms with Crippen LogP contribution in [0, 0.1) is 0 Å². The van der Waals surface area contributed by atoms with Crippen LogP contribution >= 0.6 is 0 Å². The average Bonchev–Trinajstić information content (AvgIpc) is 2.56. The summed E-state index contributed by atoms with van der Waals surface area (Å²) < 4.78 is 4.91. The first kappa shape index (κ1) is 20.6. The topological polar surface area (TPSA) is 212 Å². The molecule has 1 heterocycles. The van der Waals surface area contributed by atoms with Crippen LogP contribution in [0.3, 0.4) is 0 Å². The van der Waals surface area contributed by atoms with E-state index in [2.05, 4.69) is 0 Å². The fourth-order valence-corrected chi connectivity index (χ4v) is 2.69. The summed E-state index contributed by atoms with van der Waals surface area (Å²) in [7, 11) is 0. The normalized spacial score (nSPS) is 38.6. The van der Waals surface area contributed by atoms with Crippen molar-refractivity contribution in [3.8, 4) is 0 Å². The molecule has 0 aliphatic carbocycles. The van der Waals surface area contributed by atoms with E-state index < -0.39 is 74.3 Å². The van der Waals surface area contributed by atoms with E-state index in [0.717, 1.165) is 0 Å². The zero-order valence-corrected chi connectivity index (χ0v) is 12.2. The lowest BCUT2D eigenvalue weighted by molar-refractivity contribution is -0.339. The Balaban J connectivity index is 3.30. The van der Waals surface area contributed by atoms with Crippen molar-refractivity contribution in [2.45, 2.75) is 47.8 Å². The second-order valence-electron chi connectivity index (χ2n) is 5.61. The van der Waals surface area contributed by atoms with Crippen molar-refractivity contribution >= 4 is 0 Å². The van der Waals surface area contributed by atoms with Crippen LogP contribution in [0.4, 0.5) is 0 Å². The van der Waals surface area contributed by atoms with Gasteiger partial charge in [0.1, 0.15) is 36.6 Å². The van der Waals surface area contributed by atoms with Crippen LogP contribution in [-0.4, -0.2) is 125 Å². The number of rotatable bonds is 7. The highest BCUT2D eigenvalue weighted by atomic mass is 16.5. The van der Waals surface area contributed by atoms with Gasteiger partial charge in [0.25, 0.3) is 0 Å². The smallest absolute Gasteiger partial charge is 0.154 e. The van der Waals surface area contributed by atoms with E-state index in [1.807, 2.05) is 0 Å². The minimum Gasteiger partial charge on any atom is -0.394 e. The summed E-state index contributed by atoms with van der Waals surface area (Å²) in [6.45, 7) is -3.95. The van der Waals surface area contributed by atoms with E-state index in [0.29, 0.717) is 0 Å². The lowest BCUT2D eigenvalue weighted by Crippen LogP contribution is -2.79. The summed E-state index contributed by atoms with van der Waals surface area (Å²) in [5.41, 5.74) is -6.11. The van der Waals surface area contributed by atoms with Crippen LogP contribution in [0.25, 0.3) is 0 Å². The highest BCUT2D eigenvalue weighted by Gasteiger charge is 2.66. The molecule has 1 fully saturated rings. The molecule has 1 aliphatic heterocycles. The van der Waals surface area contributed by atoms with Crippen LogP contribution in [-0.2, 0) is 4.74 Å². The van der Waals surface area contributed by atoms with Crippen molar-refractivity contribution < 1.29 is 55.8 Å². The molecule has 1 rings (SSSR count). The van der Waals surface area contributed by atoms with Gasteiger partial charge in [0, 0.05) is 0 Å². The van der Waals surface area contributed by atoms with Gasteiger partial charge in [-0.25, -0.2) is 0 Å². The number of aliphatic hydroxyl groups is 10. The van der Waals surface area contributed by atoms with E-state index in [1.54, 1.807) is 0 Å². The first-order valence-electron chi connectivity index (χ1n) is 6.91. The standard InChI is InChI=1S/C12H24O11/c13-1-5(16)9(19)12(22,7(17)3-15)11(21)4-23-6(2-14)8(18)10(11)20/h5-10,13-22H,1-4H2/t5-,6+,7+,8+,9+,10-,11?,12+/m0/s1. The number of hydrogen-bond acceptors (Lipinski definition) is 11. The Labute approximate surface area is 131 Å². The first-order valence-corrected chi connectivity index (χ1v) is 6.91. The highest BCUT2D eigenvalue weighted by Crippen LogP contribution is 2.39. The summed E-state index contributed by atoms with van der Waals surface area (Å²) >= 11 is 0. The molecule has 0 amide bonds. The zero-order chi connectivity index (χ0) is 18.0. The third kappa shape index (κ3) is 3.23.